The van der Waals surface area contributed by atoms with Crippen LogP contribution < -0.4 is 9.80 Å². The predicted octanol–water partition coefficient (Wildman–Crippen LogP) is 14.3. The lowest BCUT2D eigenvalue weighted by atomic mass is 10.1. The zero-order valence-corrected chi connectivity index (χ0v) is 38.7. The molecule has 0 fully saturated rings. The number of alkyl halides is 3. The van der Waals surface area contributed by atoms with Crippen LogP contribution in [-0.4, -0.2) is 43.5 Å². The first-order valence-corrected chi connectivity index (χ1v) is 26.2. The minimum atomic E-state index is -5.84. The Bertz CT molecular complexity index is 2300. The van der Waals surface area contributed by atoms with Crippen LogP contribution in [0.2, 0.25) is 0 Å². The molecule has 0 atom stereocenters. The summed E-state index contributed by atoms with van der Waals surface area (Å²) >= 11 is 0. The molecule has 0 saturated heterocycles. The lowest BCUT2D eigenvalue weighted by Crippen LogP contribution is -2.21. The van der Waals surface area contributed by atoms with Crippen LogP contribution in [0.25, 0.3) is 12.2 Å². The molecule has 62 heavy (non-hydrogen) atoms. The molecule has 6 aromatic carbocycles. The summed E-state index contributed by atoms with van der Waals surface area (Å²) in [5.41, 5.74) is 6.66. The van der Waals surface area contributed by atoms with Crippen molar-refractivity contribution in [2.75, 3.05) is 34.8 Å². The number of rotatable bonds is 16. The summed E-state index contributed by atoms with van der Waals surface area (Å²) in [5, 5.41) is 0. The number of unbranched alkanes of at least 4 members (excludes halogenated alkanes) is 2. The van der Waals surface area contributed by atoms with Crippen molar-refractivity contribution in [2.24, 2.45) is 0 Å². The molecule has 0 amide bonds. The van der Waals surface area contributed by atoms with Crippen LogP contribution in [0.4, 0.5) is 47.3 Å². The number of hydrogen-bond donors (Lipinski definition) is 1. The lowest BCUT2D eigenvalue weighted by molar-refractivity contribution is -0.0510. The van der Waals surface area contributed by atoms with E-state index in [9.17, 15) is 13.2 Å². The first-order chi connectivity index (χ1) is 29.6. The van der Waals surface area contributed by atoms with Gasteiger partial charge in [-0.2, -0.15) is 21.6 Å². The van der Waals surface area contributed by atoms with Crippen LogP contribution in [0.3, 0.4) is 0 Å². The molecule has 0 aliphatic rings. The predicted molar refractivity (Wildman–Crippen MR) is 261 cm³/mol. The Hall–Kier alpha value is -4.94. The Balaban J connectivity index is 0.000000826. The third-order valence-corrected chi connectivity index (χ3v) is 13.2. The number of halogens is 3. The van der Waals surface area contributed by atoms with Crippen LogP contribution in [0.1, 0.15) is 61.8 Å². The molecule has 0 heterocycles. The van der Waals surface area contributed by atoms with Crippen molar-refractivity contribution in [1.82, 2.24) is 0 Å². The van der Waals surface area contributed by atoms with Crippen molar-refractivity contribution >= 4 is 78.2 Å². The summed E-state index contributed by atoms with van der Waals surface area (Å²) in [6, 6.07) is 54.2. The topological polar surface area (TPSA) is 60.9 Å². The summed E-state index contributed by atoms with van der Waals surface area (Å²) < 4.78 is 57.5. The van der Waals surface area contributed by atoms with Gasteiger partial charge in [0.1, 0.15) is 25.0 Å². The average molecular weight is 899 g/mol. The van der Waals surface area contributed by atoms with Crippen LogP contribution >= 0.6 is 0 Å². The van der Waals surface area contributed by atoms with Gasteiger partial charge in [0.25, 0.3) is 0 Å². The summed E-state index contributed by atoms with van der Waals surface area (Å²) in [6.07, 6.45) is 20.7. The number of hydrogen-bond acceptors (Lipinski definition) is 4. The van der Waals surface area contributed by atoms with Gasteiger partial charge in [0.15, 0.2) is 9.79 Å². The van der Waals surface area contributed by atoms with E-state index in [-0.39, 0.29) is 21.8 Å². The SMILES string of the molecule is CCCCc1ccc(N(c2ccc(C=Cc3ccc(N(c4ccc(CCCC)cc4)c4cccc([S+](C)C)c4)cc3)cc2)c2cccc([S+](C)C)c2)cc1.O=S(=O)(O)C(F)(F)F. The molecule has 0 saturated carbocycles. The summed E-state index contributed by atoms with van der Waals surface area (Å²) in [7, 11) is -5.48. The van der Waals surface area contributed by atoms with Crippen molar-refractivity contribution in [3.63, 3.8) is 0 Å². The molecule has 0 bridgehead atoms. The zero-order chi connectivity index (χ0) is 44.9. The number of nitrogens with zero attached hydrogens (tertiary/aromatic N) is 2. The van der Waals surface area contributed by atoms with Gasteiger partial charge in [-0.05, 0) is 121 Å². The summed E-state index contributed by atoms with van der Waals surface area (Å²) in [5.74, 6) is 0. The molecule has 0 aliphatic carbocycles. The van der Waals surface area contributed by atoms with Crippen molar-refractivity contribution in [3.05, 3.63) is 168 Å². The second kappa shape index (κ2) is 22.4. The van der Waals surface area contributed by atoms with Gasteiger partial charge in [0, 0.05) is 56.7 Å². The van der Waals surface area contributed by atoms with Crippen LogP contribution in [0, 0.1) is 0 Å². The van der Waals surface area contributed by atoms with E-state index in [2.05, 4.69) is 206 Å². The van der Waals surface area contributed by atoms with Crippen molar-refractivity contribution in [3.8, 4) is 0 Å². The fraction of sp³-hybridized carbons (Fsp3) is 0.255. The maximum Gasteiger partial charge on any atom is 0.522 e. The molecule has 6 rings (SSSR count). The molecule has 11 heteroatoms. The van der Waals surface area contributed by atoms with E-state index in [0.717, 1.165) is 24.2 Å². The van der Waals surface area contributed by atoms with Crippen molar-refractivity contribution in [1.29, 1.82) is 0 Å². The highest BCUT2D eigenvalue weighted by Gasteiger charge is 2.44. The lowest BCUT2D eigenvalue weighted by Gasteiger charge is -2.26. The smallest absolute Gasteiger partial charge is 0.310 e. The zero-order valence-electron chi connectivity index (χ0n) is 36.3. The third kappa shape index (κ3) is 13.5. The molecular formula is C51H57F3N2O3S3+2. The quantitative estimate of drug-likeness (QED) is 0.0454. The van der Waals surface area contributed by atoms with E-state index in [1.807, 2.05) is 0 Å². The maximum absolute atomic E-state index is 10.7. The van der Waals surface area contributed by atoms with Gasteiger partial charge in [-0.15, -0.1) is 0 Å². The third-order valence-electron chi connectivity index (χ3n) is 10.2. The Labute approximate surface area is 372 Å². The fourth-order valence-corrected chi connectivity index (χ4v) is 8.11. The highest BCUT2D eigenvalue weighted by Crippen LogP contribution is 2.38. The van der Waals surface area contributed by atoms with Gasteiger partial charge < -0.3 is 9.80 Å². The summed E-state index contributed by atoms with van der Waals surface area (Å²) in [6.45, 7) is 4.51. The number of benzene rings is 6. The van der Waals surface area contributed by atoms with E-state index >= 15 is 0 Å². The Kier molecular flexibility index (Phi) is 17.4. The van der Waals surface area contributed by atoms with Crippen molar-refractivity contribution < 1.29 is 26.1 Å². The number of anilines is 6. The maximum atomic E-state index is 10.7. The molecule has 326 valence electrons. The van der Waals surface area contributed by atoms with Gasteiger partial charge in [0.2, 0.25) is 0 Å². The van der Waals surface area contributed by atoms with Gasteiger partial charge in [0.05, 0.1) is 11.4 Å². The van der Waals surface area contributed by atoms with E-state index in [4.69, 9.17) is 13.0 Å². The normalized spacial score (nSPS) is 11.8. The van der Waals surface area contributed by atoms with Gasteiger partial charge in [-0.3, -0.25) is 4.55 Å². The molecule has 5 nitrogen and oxygen atoms in total. The molecule has 0 aromatic heterocycles. The Morgan fingerprint density at radius 1 is 0.516 bits per heavy atom. The van der Waals surface area contributed by atoms with E-state index in [1.54, 1.807) is 0 Å². The fourth-order valence-electron chi connectivity index (χ4n) is 6.69. The van der Waals surface area contributed by atoms with E-state index < -0.39 is 15.6 Å². The van der Waals surface area contributed by atoms with Gasteiger partial charge in [-0.25, -0.2) is 0 Å². The van der Waals surface area contributed by atoms with Crippen LogP contribution in [0.15, 0.2) is 155 Å². The van der Waals surface area contributed by atoms with Crippen LogP contribution in [0.5, 0.6) is 0 Å². The average Bonchev–Trinajstić information content (AvgIpc) is 3.26. The van der Waals surface area contributed by atoms with Gasteiger partial charge >= 0.3 is 15.6 Å². The largest absolute Gasteiger partial charge is 0.522 e. The molecule has 0 spiro atoms. The summed E-state index contributed by atoms with van der Waals surface area (Å²) in [4.78, 5) is 7.51. The second-order valence-corrected chi connectivity index (χ2v) is 20.9. The Morgan fingerprint density at radius 3 is 1.10 bits per heavy atom. The highest BCUT2D eigenvalue weighted by atomic mass is 32.2. The van der Waals surface area contributed by atoms with Gasteiger partial charge in [-0.1, -0.05) is 99.5 Å². The van der Waals surface area contributed by atoms with Crippen molar-refractivity contribution in [2.45, 2.75) is 67.7 Å². The van der Waals surface area contributed by atoms with E-state index in [0.29, 0.717) is 0 Å². The standard InChI is InChI=1S/C50H56N2S2.CHF3O3S/c1-7-9-13-39-21-29-43(30-22-39)51(47-15-11-17-49(37-47)53(3)4)45-33-25-41(26-34-45)19-20-42-27-35-46(36-28-42)52(48-16-12-18-50(38-48)54(5)6)44-31-23-40(24-32-44)14-10-8-2;2-1(3,4)8(5,6)7/h11-12,15-38H,7-10,13-14H2,1-6H3;(H,5,6,7)/q+2;. The second-order valence-electron chi connectivity index (χ2n) is 15.3. The molecule has 0 unspecified atom stereocenters. The molecule has 1 N–H and O–H groups in total. The first-order valence-electron chi connectivity index (χ1n) is 20.6. The number of aryl methyl sites for hydroxylation is 2. The molecular weight excluding hydrogens is 842 g/mol. The Morgan fingerprint density at radius 2 is 0.823 bits per heavy atom. The molecule has 6 aromatic rings. The first kappa shape index (κ1) is 48.1. The van der Waals surface area contributed by atoms with E-state index in [1.165, 1.54) is 80.5 Å². The van der Waals surface area contributed by atoms with Crippen LogP contribution in [-0.2, 0) is 44.7 Å². The molecule has 0 radical (unpaired) electrons. The highest BCUT2D eigenvalue weighted by molar-refractivity contribution is 7.95. The molecule has 0 aliphatic heterocycles. The monoisotopic (exact) mass is 898 g/mol. The minimum Gasteiger partial charge on any atom is -0.310 e. The minimum absolute atomic E-state index is 0.182.